The minimum atomic E-state index is 0.106. The summed E-state index contributed by atoms with van der Waals surface area (Å²) in [7, 11) is 5.29. The molecule has 0 aromatic heterocycles. The summed E-state index contributed by atoms with van der Waals surface area (Å²) in [5, 5.41) is 1.62. The first kappa shape index (κ1) is 16.4. The normalized spacial score (nSPS) is 10.1. The first-order valence-electron chi connectivity index (χ1n) is 5.65. The van der Waals surface area contributed by atoms with Gasteiger partial charge < -0.3 is 9.57 Å². The van der Waals surface area contributed by atoms with Crippen molar-refractivity contribution in [2.75, 3.05) is 27.8 Å². The van der Waals surface area contributed by atoms with Crippen molar-refractivity contribution >= 4 is 12.4 Å². The van der Waals surface area contributed by atoms with Crippen molar-refractivity contribution in [3.05, 3.63) is 35.9 Å². The van der Waals surface area contributed by atoms with Crippen LogP contribution in [0.15, 0.2) is 30.3 Å². The zero-order chi connectivity index (χ0) is 13.8. The van der Waals surface area contributed by atoms with Crippen LogP contribution in [-0.4, -0.2) is 39.2 Å². The number of benzene rings is 1. The molecule has 0 aliphatic rings. The van der Waals surface area contributed by atoms with Gasteiger partial charge in [0.25, 0.3) is 0 Å². The van der Waals surface area contributed by atoms with Gasteiger partial charge in [0.1, 0.15) is 12.4 Å². The van der Waals surface area contributed by atoms with Crippen molar-refractivity contribution in [3.8, 4) is 5.75 Å². The molecule has 0 heterocycles. The Morgan fingerprint density at radius 1 is 1.28 bits per heavy atom. The molecule has 1 rings (SSSR count). The number of aldehydes is 1. The molecule has 0 unspecified atom stereocenters. The topological polar surface area (TPSA) is 38.8 Å². The number of allylic oxidation sites excluding steroid dienone is 1. The Kier molecular flexibility index (Phi) is 9.54. The first-order chi connectivity index (χ1) is 8.65. The number of para-hydroxylation sites is 1. The van der Waals surface area contributed by atoms with Crippen LogP contribution >= 0.6 is 0 Å². The van der Waals surface area contributed by atoms with Crippen molar-refractivity contribution in [1.82, 2.24) is 5.06 Å². The van der Waals surface area contributed by atoms with E-state index in [1.165, 1.54) is 0 Å². The lowest BCUT2D eigenvalue weighted by molar-refractivity contribution is -0.109. The molecule has 4 nitrogen and oxygen atoms in total. The van der Waals surface area contributed by atoms with E-state index < -0.39 is 0 Å². The molecular formula is C14H21NO3. The van der Waals surface area contributed by atoms with Crippen molar-refractivity contribution in [3.63, 3.8) is 0 Å². The second kappa shape index (κ2) is 10.5. The highest BCUT2D eigenvalue weighted by Gasteiger charge is 1.97. The Labute approximate surface area is 109 Å². The molecule has 0 saturated heterocycles. The van der Waals surface area contributed by atoms with Crippen molar-refractivity contribution in [1.29, 1.82) is 0 Å². The minimum Gasteiger partial charge on any atom is -0.486 e. The summed E-state index contributed by atoms with van der Waals surface area (Å²) < 4.78 is 5.22. The molecule has 0 aliphatic heterocycles. The molecule has 4 heteroatoms. The summed E-state index contributed by atoms with van der Waals surface area (Å²) in [4.78, 5) is 14.7. The lowest BCUT2D eigenvalue weighted by Crippen LogP contribution is -2.07. The van der Waals surface area contributed by atoms with Gasteiger partial charge in [0.15, 0.2) is 6.29 Å². The van der Waals surface area contributed by atoms with E-state index in [1.807, 2.05) is 57.4 Å². The summed E-state index contributed by atoms with van der Waals surface area (Å²) in [6, 6.07) is 7.61. The number of hydrogen-bond donors (Lipinski definition) is 0. The smallest absolute Gasteiger partial charge is 0.157 e. The van der Waals surface area contributed by atoms with Gasteiger partial charge in [-0.3, -0.25) is 4.79 Å². The molecule has 0 aliphatic carbocycles. The molecule has 0 bridgehead atoms. The SMILES string of the molecule is C/C=C/c1ccccc1OCC=O.CON(C)C. The Hall–Kier alpha value is -1.65. The Balaban J connectivity index is 0.000000494. The Morgan fingerprint density at radius 2 is 1.89 bits per heavy atom. The lowest BCUT2D eigenvalue weighted by Gasteiger charge is -2.04. The fourth-order valence-electron chi connectivity index (χ4n) is 1.05. The zero-order valence-electron chi connectivity index (χ0n) is 11.4. The summed E-state index contributed by atoms with van der Waals surface area (Å²) in [6.45, 7) is 2.05. The summed E-state index contributed by atoms with van der Waals surface area (Å²) >= 11 is 0. The van der Waals surface area contributed by atoms with Gasteiger partial charge in [-0.05, 0) is 13.0 Å². The number of carbonyl (C=O) groups excluding carboxylic acids is 1. The van der Waals surface area contributed by atoms with Crippen LogP contribution in [0.3, 0.4) is 0 Å². The first-order valence-corrected chi connectivity index (χ1v) is 5.65. The Morgan fingerprint density at radius 3 is 2.39 bits per heavy atom. The van der Waals surface area contributed by atoms with E-state index in [2.05, 4.69) is 4.84 Å². The number of hydroxylamine groups is 2. The molecule has 1 aromatic carbocycles. The van der Waals surface area contributed by atoms with Crippen LogP contribution in [0.4, 0.5) is 0 Å². The minimum absolute atomic E-state index is 0.106. The van der Waals surface area contributed by atoms with Crippen LogP contribution in [0.2, 0.25) is 0 Å². The van der Waals surface area contributed by atoms with E-state index in [0.717, 1.165) is 17.6 Å². The lowest BCUT2D eigenvalue weighted by atomic mass is 10.2. The second-order valence-electron chi connectivity index (χ2n) is 3.51. The molecule has 0 amide bonds. The largest absolute Gasteiger partial charge is 0.486 e. The van der Waals surface area contributed by atoms with Crippen molar-refractivity contribution < 1.29 is 14.4 Å². The molecule has 0 radical (unpaired) electrons. The van der Waals surface area contributed by atoms with Crippen LogP contribution in [-0.2, 0) is 9.63 Å². The number of rotatable bonds is 5. The highest BCUT2D eigenvalue weighted by atomic mass is 16.7. The third kappa shape index (κ3) is 7.60. The number of hydrogen-bond acceptors (Lipinski definition) is 4. The second-order valence-corrected chi connectivity index (χ2v) is 3.51. The number of nitrogens with zero attached hydrogens (tertiary/aromatic N) is 1. The predicted octanol–water partition coefficient (Wildman–Crippen LogP) is 2.41. The maximum Gasteiger partial charge on any atom is 0.157 e. The van der Waals surface area contributed by atoms with Crippen LogP contribution in [0.5, 0.6) is 5.75 Å². The third-order valence-electron chi connectivity index (χ3n) is 1.94. The van der Waals surface area contributed by atoms with Gasteiger partial charge in [0.2, 0.25) is 0 Å². The molecule has 100 valence electrons. The fourth-order valence-corrected chi connectivity index (χ4v) is 1.05. The average molecular weight is 251 g/mol. The monoisotopic (exact) mass is 251 g/mol. The van der Waals surface area contributed by atoms with E-state index in [0.29, 0.717) is 0 Å². The third-order valence-corrected chi connectivity index (χ3v) is 1.94. The summed E-state index contributed by atoms with van der Waals surface area (Å²) in [5.41, 5.74) is 0.992. The van der Waals surface area contributed by atoms with E-state index in [-0.39, 0.29) is 6.61 Å². The van der Waals surface area contributed by atoms with Gasteiger partial charge in [-0.15, -0.1) is 0 Å². The van der Waals surface area contributed by atoms with E-state index in [9.17, 15) is 4.79 Å². The fraction of sp³-hybridized carbons (Fsp3) is 0.357. The van der Waals surface area contributed by atoms with Crippen LogP contribution in [0.1, 0.15) is 12.5 Å². The van der Waals surface area contributed by atoms with Gasteiger partial charge in [0.05, 0.1) is 7.11 Å². The molecule has 1 aromatic rings. The van der Waals surface area contributed by atoms with E-state index in [1.54, 1.807) is 12.2 Å². The van der Waals surface area contributed by atoms with E-state index in [4.69, 9.17) is 4.74 Å². The van der Waals surface area contributed by atoms with Crippen LogP contribution in [0.25, 0.3) is 6.08 Å². The standard InChI is InChI=1S/C11H12O2.C3H9NO/c1-2-5-10-6-3-4-7-11(10)13-9-8-12;1-4(2)5-3/h2-8H,9H2,1H3;1-3H3/b5-2+;. The van der Waals surface area contributed by atoms with Crippen molar-refractivity contribution in [2.45, 2.75) is 6.92 Å². The number of ether oxygens (including phenoxy) is 1. The Bertz CT molecular complexity index is 362. The quantitative estimate of drug-likeness (QED) is 0.595. The molecule has 18 heavy (non-hydrogen) atoms. The zero-order valence-corrected chi connectivity index (χ0v) is 11.4. The van der Waals surface area contributed by atoms with Crippen molar-refractivity contribution in [2.24, 2.45) is 0 Å². The van der Waals surface area contributed by atoms with Crippen LogP contribution in [0, 0.1) is 0 Å². The molecule has 0 saturated carbocycles. The summed E-state index contributed by atoms with van der Waals surface area (Å²) in [5.74, 6) is 0.743. The van der Waals surface area contributed by atoms with Gasteiger partial charge in [-0.2, -0.15) is 5.06 Å². The maximum atomic E-state index is 10.1. The average Bonchev–Trinajstić information content (AvgIpc) is 2.39. The number of carbonyl (C=O) groups is 1. The molecule has 0 fully saturated rings. The molecule has 0 N–H and O–H groups in total. The van der Waals surface area contributed by atoms with Gasteiger partial charge >= 0.3 is 0 Å². The molecule has 0 spiro atoms. The molecule has 0 atom stereocenters. The maximum absolute atomic E-state index is 10.1. The highest BCUT2D eigenvalue weighted by molar-refractivity contribution is 5.58. The summed E-state index contributed by atoms with van der Waals surface area (Å²) in [6.07, 6.45) is 4.62. The van der Waals surface area contributed by atoms with E-state index >= 15 is 0 Å². The molecular weight excluding hydrogens is 230 g/mol. The van der Waals surface area contributed by atoms with Gasteiger partial charge in [-0.25, -0.2) is 0 Å². The van der Waals surface area contributed by atoms with Crippen LogP contribution < -0.4 is 4.74 Å². The predicted molar refractivity (Wildman–Crippen MR) is 73.4 cm³/mol. The van der Waals surface area contributed by atoms with Gasteiger partial charge in [-0.1, -0.05) is 30.4 Å². The highest BCUT2D eigenvalue weighted by Crippen LogP contribution is 2.18. The van der Waals surface area contributed by atoms with Gasteiger partial charge in [0, 0.05) is 19.7 Å².